The molecule has 1 fully saturated rings. The van der Waals surface area contributed by atoms with Crippen LogP contribution in [0.5, 0.6) is 0 Å². The van der Waals surface area contributed by atoms with E-state index in [1.807, 2.05) is 30.3 Å². The van der Waals surface area contributed by atoms with Crippen LogP contribution in [0.2, 0.25) is 0 Å². The van der Waals surface area contributed by atoms with Gasteiger partial charge in [0.2, 0.25) is 0 Å². The maximum atomic E-state index is 10.8. The minimum Gasteiger partial charge on any atom is -0.431 e. The van der Waals surface area contributed by atoms with Crippen molar-refractivity contribution in [1.82, 2.24) is 5.32 Å². The summed E-state index contributed by atoms with van der Waals surface area (Å²) in [5.74, 6) is -1.53. The first-order valence-corrected chi connectivity index (χ1v) is 4.50. The van der Waals surface area contributed by atoms with Crippen LogP contribution >= 0.6 is 0 Å². The topological polar surface area (TPSA) is 55.4 Å². The van der Waals surface area contributed by atoms with Gasteiger partial charge in [-0.15, -0.1) is 0 Å². The molecule has 4 heteroatoms. The number of benzene rings is 1. The van der Waals surface area contributed by atoms with E-state index in [2.05, 4.69) is 5.32 Å². The summed E-state index contributed by atoms with van der Waals surface area (Å²) in [7, 11) is 0. The molecular formula is C11H9NO3. The van der Waals surface area contributed by atoms with E-state index in [1.165, 1.54) is 0 Å². The summed E-state index contributed by atoms with van der Waals surface area (Å²) >= 11 is 0. The van der Waals surface area contributed by atoms with Gasteiger partial charge in [0.25, 0.3) is 0 Å². The fourth-order valence-corrected chi connectivity index (χ4v) is 1.24. The molecule has 1 aromatic rings. The zero-order valence-electron chi connectivity index (χ0n) is 7.84. The highest BCUT2D eigenvalue weighted by Crippen LogP contribution is 2.05. The van der Waals surface area contributed by atoms with Crippen LogP contribution in [-0.2, 0) is 14.3 Å². The summed E-state index contributed by atoms with van der Waals surface area (Å²) in [6.45, 7) is 0. The molecule has 0 radical (unpaired) electrons. The number of hydrogen-bond acceptors (Lipinski definition) is 3. The van der Waals surface area contributed by atoms with Crippen LogP contribution in [0, 0.1) is 0 Å². The van der Waals surface area contributed by atoms with E-state index in [1.54, 1.807) is 12.2 Å². The molecule has 1 heterocycles. The minimum absolute atomic E-state index is 0.648. The molecule has 1 aromatic carbocycles. The monoisotopic (exact) mass is 203 g/mol. The summed E-state index contributed by atoms with van der Waals surface area (Å²) < 4.78 is 4.71. The molecule has 1 aliphatic rings. The number of cyclic esters (lactones) is 1. The molecule has 76 valence electrons. The SMILES string of the molecule is O=C1NC(C=Cc2ccccc2)OC1=O. The smallest absolute Gasteiger partial charge is 0.399 e. The first-order valence-electron chi connectivity index (χ1n) is 4.50. The zero-order chi connectivity index (χ0) is 10.7. The van der Waals surface area contributed by atoms with Gasteiger partial charge in [-0.1, -0.05) is 36.4 Å². The first-order chi connectivity index (χ1) is 7.25. The van der Waals surface area contributed by atoms with Crippen molar-refractivity contribution in [3.63, 3.8) is 0 Å². The first kappa shape index (κ1) is 9.45. The van der Waals surface area contributed by atoms with Gasteiger partial charge in [-0.2, -0.15) is 0 Å². The normalized spacial score (nSPS) is 20.4. The van der Waals surface area contributed by atoms with E-state index < -0.39 is 18.1 Å². The quantitative estimate of drug-likeness (QED) is 0.568. The molecule has 0 bridgehead atoms. The summed E-state index contributed by atoms with van der Waals surface area (Å²) in [5.41, 5.74) is 0.981. The maximum Gasteiger partial charge on any atom is 0.399 e. The Labute approximate surface area is 86.5 Å². The van der Waals surface area contributed by atoms with Crippen LogP contribution in [0.1, 0.15) is 5.56 Å². The van der Waals surface area contributed by atoms with Gasteiger partial charge < -0.3 is 10.1 Å². The van der Waals surface area contributed by atoms with Crippen molar-refractivity contribution in [2.45, 2.75) is 6.23 Å². The Morgan fingerprint density at radius 3 is 2.53 bits per heavy atom. The van der Waals surface area contributed by atoms with Crippen molar-refractivity contribution in [2.75, 3.05) is 0 Å². The number of esters is 1. The molecule has 1 aliphatic heterocycles. The summed E-state index contributed by atoms with van der Waals surface area (Å²) in [4.78, 5) is 21.5. The average molecular weight is 203 g/mol. The standard InChI is InChI=1S/C11H9NO3/c13-10-11(14)15-9(12-10)7-6-8-4-2-1-3-5-8/h1-7,9H,(H,12,13). The Morgan fingerprint density at radius 1 is 1.20 bits per heavy atom. The Balaban J connectivity index is 2.02. The third kappa shape index (κ3) is 2.22. The summed E-state index contributed by atoms with van der Waals surface area (Å²) in [6.07, 6.45) is 2.76. The Morgan fingerprint density at radius 2 is 1.93 bits per heavy atom. The number of rotatable bonds is 2. The van der Waals surface area contributed by atoms with Crippen LogP contribution in [-0.4, -0.2) is 18.1 Å². The van der Waals surface area contributed by atoms with Gasteiger partial charge in [0, 0.05) is 0 Å². The number of carbonyl (C=O) groups is 2. The number of nitrogens with one attached hydrogen (secondary N) is 1. The van der Waals surface area contributed by atoms with Crippen molar-refractivity contribution in [3.8, 4) is 0 Å². The van der Waals surface area contributed by atoms with Crippen molar-refractivity contribution in [2.24, 2.45) is 0 Å². The summed E-state index contributed by atoms with van der Waals surface area (Å²) in [6, 6.07) is 9.54. The predicted molar refractivity (Wildman–Crippen MR) is 53.5 cm³/mol. The molecule has 0 aliphatic carbocycles. The van der Waals surface area contributed by atoms with E-state index in [0.717, 1.165) is 5.56 Å². The van der Waals surface area contributed by atoms with Crippen LogP contribution in [0.4, 0.5) is 0 Å². The number of ether oxygens (including phenoxy) is 1. The number of hydrogen-bond donors (Lipinski definition) is 1. The van der Waals surface area contributed by atoms with Crippen molar-refractivity contribution >= 4 is 18.0 Å². The largest absolute Gasteiger partial charge is 0.431 e. The van der Waals surface area contributed by atoms with Gasteiger partial charge in [0.05, 0.1) is 0 Å². The molecule has 1 unspecified atom stereocenters. The second-order valence-corrected chi connectivity index (χ2v) is 3.07. The zero-order valence-corrected chi connectivity index (χ0v) is 7.84. The van der Waals surface area contributed by atoms with Gasteiger partial charge in [-0.25, -0.2) is 4.79 Å². The highest BCUT2D eigenvalue weighted by molar-refractivity contribution is 6.34. The Hall–Kier alpha value is -2.10. The molecule has 0 spiro atoms. The van der Waals surface area contributed by atoms with E-state index in [9.17, 15) is 9.59 Å². The van der Waals surface area contributed by atoms with Gasteiger partial charge in [-0.3, -0.25) is 4.79 Å². The van der Waals surface area contributed by atoms with Crippen LogP contribution < -0.4 is 5.32 Å². The second-order valence-electron chi connectivity index (χ2n) is 3.07. The lowest BCUT2D eigenvalue weighted by atomic mass is 10.2. The maximum absolute atomic E-state index is 10.8. The van der Waals surface area contributed by atoms with Gasteiger partial charge in [-0.05, 0) is 11.6 Å². The lowest BCUT2D eigenvalue weighted by Crippen LogP contribution is -2.24. The summed E-state index contributed by atoms with van der Waals surface area (Å²) in [5, 5.41) is 2.38. The Kier molecular flexibility index (Phi) is 2.49. The van der Waals surface area contributed by atoms with Crippen molar-refractivity contribution in [1.29, 1.82) is 0 Å². The Bertz CT molecular complexity index is 395. The highest BCUT2D eigenvalue weighted by atomic mass is 16.6. The van der Waals surface area contributed by atoms with E-state index in [-0.39, 0.29) is 0 Å². The fourth-order valence-electron chi connectivity index (χ4n) is 1.24. The van der Waals surface area contributed by atoms with Crippen LogP contribution in [0.15, 0.2) is 36.4 Å². The third-order valence-electron chi connectivity index (χ3n) is 1.96. The van der Waals surface area contributed by atoms with Gasteiger partial charge in [0.1, 0.15) is 0 Å². The number of carbonyl (C=O) groups excluding carboxylic acids is 2. The molecule has 0 aromatic heterocycles. The molecule has 1 N–H and O–H groups in total. The predicted octanol–water partition coefficient (Wildman–Crippen LogP) is 0.699. The molecule has 15 heavy (non-hydrogen) atoms. The molecule has 1 atom stereocenters. The molecule has 1 saturated heterocycles. The van der Waals surface area contributed by atoms with Crippen molar-refractivity contribution in [3.05, 3.63) is 42.0 Å². The minimum atomic E-state index is -0.835. The number of amides is 1. The molecule has 1 amide bonds. The second kappa shape index (κ2) is 3.96. The van der Waals surface area contributed by atoms with E-state index >= 15 is 0 Å². The highest BCUT2D eigenvalue weighted by Gasteiger charge is 2.29. The third-order valence-corrected chi connectivity index (χ3v) is 1.96. The van der Waals surface area contributed by atoms with Crippen LogP contribution in [0.3, 0.4) is 0 Å². The average Bonchev–Trinajstić information content (AvgIpc) is 2.57. The van der Waals surface area contributed by atoms with E-state index in [4.69, 9.17) is 4.74 Å². The molecular weight excluding hydrogens is 194 g/mol. The molecule has 2 rings (SSSR count). The van der Waals surface area contributed by atoms with Gasteiger partial charge >= 0.3 is 11.9 Å². The van der Waals surface area contributed by atoms with E-state index in [0.29, 0.717) is 0 Å². The van der Waals surface area contributed by atoms with Gasteiger partial charge in [0.15, 0.2) is 6.23 Å². The lowest BCUT2D eigenvalue weighted by molar-refractivity contribution is -0.148. The fraction of sp³-hybridized carbons (Fsp3) is 0.0909. The van der Waals surface area contributed by atoms with Crippen LogP contribution in [0.25, 0.3) is 6.08 Å². The molecule has 0 saturated carbocycles. The lowest BCUT2D eigenvalue weighted by Gasteiger charge is -2.01. The molecule has 4 nitrogen and oxygen atoms in total. The van der Waals surface area contributed by atoms with Crippen molar-refractivity contribution < 1.29 is 14.3 Å².